The number of carboxylic acid groups (broad SMARTS) is 1. The highest BCUT2D eigenvalue weighted by molar-refractivity contribution is 7.91. The molecule has 0 radical (unpaired) electrons. The van der Waals surface area contributed by atoms with Gasteiger partial charge in [-0.2, -0.15) is 0 Å². The van der Waals surface area contributed by atoms with Gasteiger partial charge in [0.15, 0.2) is 0 Å². The Balaban J connectivity index is 1.29. The minimum Gasteiger partial charge on any atom is -0.494 e. The number of ether oxygens (including phenoxy) is 3. The third kappa shape index (κ3) is 6.44. The quantitative estimate of drug-likeness (QED) is 0.290. The Hall–Kier alpha value is -3.52. The van der Waals surface area contributed by atoms with E-state index >= 15 is 0 Å². The maximum atomic E-state index is 11.8. The number of carboxylic acids is 1. The van der Waals surface area contributed by atoms with Crippen molar-refractivity contribution in [3.63, 3.8) is 0 Å². The number of hydrogen-bond donors (Lipinski definition) is 1. The first-order chi connectivity index (χ1) is 19.2. The fraction of sp³-hybridized carbons (Fsp3) is 0.406. The number of sulfone groups is 1. The second-order valence-corrected chi connectivity index (χ2v) is 13.1. The molecule has 5 rings (SSSR count). The molecule has 0 saturated carbocycles. The van der Waals surface area contributed by atoms with Gasteiger partial charge in [0.05, 0.1) is 25.4 Å². The average molecular weight is 565 g/mol. The summed E-state index contributed by atoms with van der Waals surface area (Å²) < 4.78 is 41.3. The predicted octanol–water partition coefficient (Wildman–Crippen LogP) is 5.88. The van der Waals surface area contributed by atoms with E-state index in [2.05, 4.69) is 31.2 Å². The first kappa shape index (κ1) is 28.0. The molecule has 212 valence electrons. The van der Waals surface area contributed by atoms with Crippen LogP contribution in [-0.2, 0) is 34.1 Å². The van der Waals surface area contributed by atoms with E-state index in [1.807, 2.05) is 24.3 Å². The number of rotatable bonds is 11. The summed E-state index contributed by atoms with van der Waals surface area (Å²) in [5.74, 6) is 1.53. The van der Waals surface area contributed by atoms with Crippen molar-refractivity contribution in [3.8, 4) is 28.4 Å². The molecule has 7 nitrogen and oxygen atoms in total. The van der Waals surface area contributed by atoms with E-state index < -0.39 is 15.8 Å². The van der Waals surface area contributed by atoms with Crippen LogP contribution in [0, 0.1) is 6.92 Å². The van der Waals surface area contributed by atoms with Gasteiger partial charge in [0.2, 0.25) is 0 Å². The maximum absolute atomic E-state index is 11.8. The minimum atomic E-state index is -2.99. The van der Waals surface area contributed by atoms with Crippen LogP contribution in [0.5, 0.6) is 17.2 Å². The molecule has 1 atom stereocenters. The van der Waals surface area contributed by atoms with Crippen molar-refractivity contribution in [2.24, 2.45) is 0 Å². The molecule has 1 aliphatic heterocycles. The lowest BCUT2D eigenvalue weighted by atomic mass is 9.91. The summed E-state index contributed by atoms with van der Waals surface area (Å²) in [7, 11) is -2.99. The molecule has 0 unspecified atom stereocenters. The fourth-order valence-electron chi connectivity index (χ4n) is 5.63. The van der Waals surface area contributed by atoms with Crippen LogP contribution in [0.4, 0.5) is 0 Å². The Morgan fingerprint density at radius 2 is 1.85 bits per heavy atom. The SMILES string of the molecule is CCS(=O)(=O)CCCOc1cc(C)c2c(c1)CCCc1ccc(COc3ccc4c(c3)OC[C@H]4CC(=O)O)cc1-2. The van der Waals surface area contributed by atoms with Gasteiger partial charge >= 0.3 is 5.97 Å². The van der Waals surface area contributed by atoms with Crippen LogP contribution in [-0.4, -0.2) is 44.2 Å². The molecule has 3 aromatic carbocycles. The van der Waals surface area contributed by atoms with E-state index in [0.29, 0.717) is 37.7 Å². The largest absolute Gasteiger partial charge is 0.494 e. The molecule has 1 N–H and O–H groups in total. The van der Waals surface area contributed by atoms with Gasteiger partial charge < -0.3 is 19.3 Å². The predicted molar refractivity (Wildman–Crippen MR) is 154 cm³/mol. The molecule has 1 aliphatic carbocycles. The van der Waals surface area contributed by atoms with Crippen LogP contribution in [0.15, 0.2) is 48.5 Å². The molecule has 1 heterocycles. The van der Waals surface area contributed by atoms with Crippen LogP contribution >= 0.6 is 0 Å². The minimum absolute atomic E-state index is 0.0557. The van der Waals surface area contributed by atoms with Crippen molar-refractivity contribution >= 4 is 15.8 Å². The molecule has 0 spiro atoms. The number of hydrogen-bond acceptors (Lipinski definition) is 6. The molecule has 0 amide bonds. The lowest BCUT2D eigenvalue weighted by Gasteiger charge is -2.17. The summed E-state index contributed by atoms with van der Waals surface area (Å²) >= 11 is 0. The second kappa shape index (κ2) is 11.9. The van der Waals surface area contributed by atoms with Gasteiger partial charge in [-0.1, -0.05) is 25.1 Å². The van der Waals surface area contributed by atoms with E-state index in [1.54, 1.807) is 6.92 Å². The fourth-order valence-corrected chi connectivity index (χ4v) is 6.48. The Bertz CT molecular complexity index is 1510. The lowest BCUT2D eigenvalue weighted by Crippen LogP contribution is -2.12. The molecule has 0 saturated heterocycles. The highest BCUT2D eigenvalue weighted by Gasteiger charge is 2.27. The first-order valence-electron chi connectivity index (χ1n) is 13.9. The van der Waals surface area contributed by atoms with Crippen molar-refractivity contribution in [1.82, 2.24) is 0 Å². The third-order valence-corrected chi connectivity index (χ3v) is 9.52. The zero-order chi connectivity index (χ0) is 28.3. The summed E-state index contributed by atoms with van der Waals surface area (Å²) in [5, 5.41) is 9.13. The highest BCUT2D eigenvalue weighted by Crippen LogP contribution is 2.40. The molecular formula is C32H36O7S. The molecular weight excluding hydrogens is 528 g/mol. The number of aliphatic carboxylic acids is 1. The average Bonchev–Trinajstić information content (AvgIpc) is 3.21. The summed E-state index contributed by atoms with van der Waals surface area (Å²) in [4.78, 5) is 11.1. The van der Waals surface area contributed by atoms with Gasteiger partial charge in [0.1, 0.15) is 33.7 Å². The number of benzene rings is 3. The maximum Gasteiger partial charge on any atom is 0.304 e. The van der Waals surface area contributed by atoms with Gasteiger partial charge in [0, 0.05) is 23.3 Å². The zero-order valence-corrected chi connectivity index (χ0v) is 23.9. The Morgan fingerprint density at radius 1 is 1.02 bits per heavy atom. The monoisotopic (exact) mass is 564 g/mol. The highest BCUT2D eigenvalue weighted by atomic mass is 32.2. The van der Waals surface area contributed by atoms with Crippen LogP contribution in [0.1, 0.15) is 59.9 Å². The van der Waals surface area contributed by atoms with E-state index in [0.717, 1.165) is 41.7 Å². The summed E-state index contributed by atoms with van der Waals surface area (Å²) in [5.41, 5.74) is 8.15. The van der Waals surface area contributed by atoms with E-state index in [9.17, 15) is 13.2 Å². The molecule has 3 aromatic rings. The first-order valence-corrected chi connectivity index (χ1v) is 15.7. The van der Waals surface area contributed by atoms with Crippen LogP contribution in [0.3, 0.4) is 0 Å². The summed E-state index contributed by atoms with van der Waals surface area (Å²) in [6.07, 6.45) is 3.54. The van der Waals surface area contributed by atoms with Crippen molar-refractivity contribution in [3.05, 3.63) is 76.3 Å². The van der Waals surface area contributed by atoms with Crippen LogP contribution in [0.25, 0.3) is 11.1 Å². The molecule has 40 heavy (non-hydrogen) atoms. The van der Waals surface area contributed by atoms with Gasteiger partial charge in [-0.15, -0.1) is 0 Å². The van der Waals surface area contributed by atoms with Gasteiger partial charge in [-0.3, -0.25) is 4.79 Å². The Labute approximate surface area is 236 Å². The number of aryl methyl sites for hydroxylation is 3. The molecule has 0 aromatic heterocycles. The van der Waals surface area contributed by atoms with Gasteiger partial charge in [0.25, 0.3) is 0 Å². The van der Waals surface area contributed by atoms with Gasteiger partial charge in [-0.25, -0.2) is 8.42 Å². The van der Waals surface area contributed by atoms with E-state index in [4.69, 9.17) is 19.3 Å². The van der Waals surface area contributed by atoms with E-state index in [-0.39, 0.29) is 23.8 Å². The van der Waals surface area contributed by atoms with E-state index in [1.165, 1.54) is 22.3 Å². The molecule has 0 bridgehead atoms. The molecule has 0 fully saturated rings. The smallest absolute Gasteiger partial charge is 0.304 e. The van der Waals surface area contributed by atoms with Crippen molar-refractivity contribution in [2.75, 3.05) is 24.7 Å². The topological polar surface area (TPSA) is 99.1 Å². The van der Waals surface area contributed by atoms with Gasteiger partial charge in [-0.05, 0) is 90.3 Å². The molecule has 8 heteroatoms. The Kier molecular flexibility index (Phi) is 8.35. The lowest BCUT2D eigenvalue weighted by molar-refractivity contribution is -0.137. The number of fused-ring (bicyclic) bond motifs is 4. The normalized spacial score (nSPS) is 15.8. The van der Waals surface area contributed by atoms with Crippen molar-refractivity contribution in [2.45, 2.75) is 58.5 Å². The zero-order valence-electron chi connectivity index (χ0n) is 23.1. The second-order valence-electron chi connectivity index (χ2n) is 10.7. The summed E-state index contributed by atoms with van der Waals surface area (Å²) in [6.45, 7) is 4.93. The van der Waals surface area contributed by atoms with Crippen molar-refractivity contribution < 1.29 is 32.5 Å². The van der Waals surface area contributed by atoms with Crippen LogP contribution in [0.2, 0.25) is 0 Å². The number of carbonyl (C=O) groups is 1. The summed E-state index contributed by atoms with van der Waals surface area (Å²) in [6, 6.07) is 16.3. The van der Waals surface area contributed by atoms with Crippen LogP contribution < -0.4 is 14.2 Å². The standard InChI is InChI=1S/C32H36O7S/c1-3-40(35,36)13-5-12-37-27-14-21(2)32-24(16-27)7-4-6-23-9-8-22(15-29(23)32)19-38-26-10-11-28-25(17-31(33)34)20-39-30(28)18-26/h8-11,14-16,18,25H,3-7,12-13,17,19-20H2,1-2H3,(H,33,34)/t25-/m1/s1. The van der Waals surface area contributed by atoms with Crippen molar-refractivity contribution in [1.29, 1.82) is 0 Å². The third-order valence-electron chi connectivity index (χ3n) is 7.73. The Morgan fingerprint density at radius 3 is 2.65 bits per heavy atom. The molecule has 2 aliphatic rings.